The minimum atomic E-state index is -0.236. The molecule has 1 aromatic carbocycles. The summed E-state index contributed by atoms with van der Waals surface area (Å²) in [5.74, 6) is -0.236. The smallest absolute Gasteiger partial charge is 0.333 e. The predicted octanol–water partition coefficient (Wildman–Crippen LogP) is 4.34. The van der Waals surface area contributed by atoms with Gasteiger partial charge in [0.15, 0.2) is 0 Å². The molecule has 0 heterocycles. The Labute approximate surface area is 116 Å². The van der Waals surface area contributed by atoms with Gasteiger partial charge in [-0.1, -0.05) is 45.0 Å². The summed E-state index contributed by atoms with van der Waals surface area (Å²) < 4.78 is 5.03. The summed E-state index contributed by atoms with van der Waals surface area (Å²) in [7, 11) is 0. The van der Waals surface area contributed by atoms with Gasteiger partial charge in [0, 0.05) is 5.57 Å². The van der Waals surface area contributed by atoms with Crippen LogP contribution in [0.2, 0.25) is 0 Å². The van der Waals surface area contributed by atoms with Crippen molar-refractivity contribution >= 4 is 11.5 Å². The van der Waals surface area contributed by atoms with Crippen LogP contribution < -0.4 is 0 Å². The average molecular weight is 260 g/mol. The standard InChI is InChI=1S/C17H24O2/c1-7-19-16(18)13(3)12(2)14-8-10-15(11-9-14)17(4,5)6/h8-11H,7H2,1-6H3/b13-12-. The minimum absolute atomic E-state index is 0.145. The van der Waals surface area contributed by atoms with Gasteiger partial charge >= 0.3 is 5.97 Å². The highest BCUT2D eigenvalue weighted by Gasteiger charge is 2.14. The van der Waals surface area contributed by atoms with E-state index in [4.69, 9.17) is 4.74 Å². The van der Waals surface area contributed by atoms with E-state index in [1.807, 2.05) is 20.8 Å². The van der Waals surface area contributed by atoms with Crippen molar-refractivity contribution in [3.05, 3.63) is 41.0 Å². The van der Waals surface area contributed by atoms with Crippen molar-refractivity contribution < 1.29 is 9.53 Å². The van der Waals surface area contributed by atoms with Gasteiger partial charge in [-0.15, -0.1) is 0 Å². The van der Waals surface area contributed by atoms with Crippen molar-refractivity contribution in [2.45, 2.75) is 47.0 Å². The number of hydrogen-bond donors (Lipinski definition) is 0. The topological polar surface area (TPSA) is 26.3 Å². The maximum absolute atomic E-state index is 11.7. The zero-order valence-electron chi connectivity index (χ0n) is 12.8. The van der Waals surface area contributed by atoms with Gasteiger partial charge in [0.1, 0.15) is 0 Å². The summed E-state index contributed by atoms with van der Waals surface area (Å²) in [6.07, 6.45) is 0. The number of rotatable bonds is 3. The minimum Gasteiger partial charge on any atom is -0.463 e. The molecule has 19 heavy (non-hydrogen) atoms. The van der Waals surface area contributed by atoms with Crippen LogP contribution in [0.4, 0.5) is 0 Å². The normalized spacial score (nSPS) is 12.9. The number of carbonyl (C=O) groups excluding carboxylic acids is 1. The van der Waals surface area contributed by atoms with Crippen LogP contribution in [0, 0.1) is 0 Å². The Morgan fingerprint density at radius 3 is 2.05 bits per heavy atom. The molecule has 1 aromatic rings. The van der Waals surface area contributed by atoms with Crippen LogP contribution in [0.25, 0.3) is 5.57 Å². The number of ether oxygens (including phenoxy) is 1. The molecule has 0 unspecified atom stereocenters. The van der Waals surface area contributed by atoms with Crippen LogP contribution in [0.15, 0.2) is 29.8 Å². The third kappa shape index (κ3) is 3.95. The molecule has 0 aliphatic heterocycles. The number of esters is 1. The van der Waals surface area contributed by atoms with Crippen molar-refractivity contribution in [2.75, 3.05) is 6.61 Å². The van der Waals surface area contributed by atoms with Crippen LogP contribution in [-0.4, -0.2) is 12.6 Å². The molecule has 104 valence electrons. The third-order valence-corrected chi connectivity index (χ3v) is 3.33. The van der Waals surface area contributed by atoms with E-state index in [0.29, 0.717) is 12.2 Å². The van der Waals surface area contributed by atoms with Gasteiger partial charge in [-0.3, -0.25) is 0 Å². The van der Waals surface area contributed by atoms with Gasteiger partial charge in [0.05, 0.1) is 6.61 Å². The summed E-state index contributed by atoms with van der Waals surface area (Å²) in [4.78, 5) is 11.7. The molecule has 0 saturated carbocycles. The molecule has 0 N–H and O–H groups in total. The summed E-state index contributed by atoms with van der Waals surface area (Å²) in [6.45, 7) is 12.6. The van der Waals surface area contributed by atoms with Crippen molar-refractivity contribution in [3.8, 4) is 0 Å². The fraction of sp³-hybridized carbons (Fsp3) is 0.471. The fourth-order valence-electron chi connectivity index (χ4n) is 1.83. The summed E-state index contributed by atoms with van der Waals surface area (Å²) in [5, 5.41) is 0. The molecule has 0 amide bonds. The van der Waals surface area contributed by atoms with Crippen LogP contribution in [0.3, 0.4) is 0 Å². The van der Waals surface area contributed by atoms with Crippen molar-refractivity contribution in [1.82, 2.24) is 0 Å². The van der Waals surface area contributed by atoms with Crippen molar-refractivity contribution in [3.63, 3.8) is 0 Å². The van der Waals surface area contributed by atoms with Crippen LogP contribution in [0.1, 0.15) is 52.7 Å². The number of carbonyl (C=O) groups is 1. The lowest BCUT2D eigenvalue weighted by Gasteiger charge is -2.19. The third-order valence-electron chi connectivity index (χ3n) is 3.33. The number of hydrogen-bond acceptors (Lipinski definition) is 2. The lowest BCUT2D eigenvalue weighted by atomic mass is 9.86. The highest BCUT2D eigenvalue weighted by molar-refractivity contribution is 5.96. The zero-order valence-corrected chi connectivity index (χ0v) is 12.8. The van der Waals surface area contributed by atoms with E-state index in [0.717, 1.165) is 11.1 Å². The molecular weight excluding hydrogens is 236 g/mol. The lowest BCUT2D eigenvalue weighted by Crippen LogP contribution is -2.11. The molecule has 0 fully saturated rings. The maximum Gasteiger partial charge on any atom is 0.333 e. The molecule has 0 saturated heterocycles. The van der Waals surface area contributed by atoms with Crippen LogP contribution in [-0.2, 0) is 14.9 Å². The predicted molar refractivity (Wildman–Crippen MR) is 80.0 cm³/mol. The summed E-state index contributed by atoms with van der Waals surface area (Å²) >= 11 is 0. The molecule has 0 spiro atoms. The Bertz CT molecular complexity index is 473. The molecule has 0 aliphatic carbocycles. The lowest BCUT2D eigenvalue weighted by molar-refractivity contribution is -0.138. The highest BCUT2D eigenvalue weighted by Crippen LogP contribution is 2.25. The maximum atomic E-state index is 11.7. The van der Waals surface area contributed by atoms with Gasteiger partial charge in [0.2, 0.25) is 0 Å². The monoisotopic (exact) mass is 260 g/mol. The molecule has 0 aliphatic rings. The van der Waals surface area contributed by atoms with Gasteiger partial charge in [-0.05, 0) is 42.9 Å². The second kappa shape index (κ2) is 6.05. The van der Waals surface area contributed by atoms with Crippen molar-refractivity contribution in [1.29, 1.82) is 0 Å². The molecule has 0 atom stereocenters. The molecule has 2 nitrogen and oxygen atoms in total. The van der Waals surface area contributed by atoms with Gasteiger partial charge in [0.25, 0.3) is 0 Å². The first kappa shape index (κ1) is 15.5. The van der Waals surface area contributed by atoms with E-state index in [1.165, 1.54) is 5.56 Å². The molecule has 2 heteroatoms. The summed E-state index contributed by atoms with van der Waals surface area (Å²) in [6, 6.07) is 8.38. The van der Waals surface area contributed by atoms with Crippen LogP contribution in [0.5, 0.6) is 0 Å². The van der Waals surface area contributed by atoms with Crippen molar-refractivity contribution in [2.24, 2.45) is 0 Å². The Kier molecular flexibility index (Phi) is 4.93. The fourth-order valence-corrected chi connectivity index (χ4v) is 1.83. The van der Waals surface area contributed by atoms with Gasteiger partial charge in [-0.2, -0.15) is 0 Å². The Morgan fingerprint density at radius 2 is 1.63 bits per heavy atom. The molecule has 0 radical (unpaired) electrons. The van der Waals surface area contributed by atoms with E-state index in [-0.39, 0.29) is 11.4 Å². The number of allylic oxidation sites excluding steroid dienone is 1. The first-order chi connectivity index (χ1) is 8.77. The van der Waals surface area contributed by atoms with E-state index >= 15 is 0 Å². The molecule has 0 aromatic heterocycles. The first-order valence-electron chi connectivity index (χ1n) is 6.73. The Balaban J connectivity index is 3.04. The van der Waals surface area contributed by atoms with Gasteiger partial charge < -0.3 is 4.74 Å². The zero-order chi connectivity index (χ0) is 14.6. The SMILES string of the molecule is CCOC(=O)/C(C)=C(/C)c1ccc(C(C)(C)C)cc1. The Hall–Kier alpha value is -1.57. The summed E-state index contributed by atoms with van der Waals surface area (Å²) in [5.41, 5.74) is 4.15. The van der Waals surface area contributed by atoms with E-state index in [9.17, 15) is 4.79 Å². The van der Waals surface area contributed by atoms with Gasteiger partial charge in [-0.25, -0.2) is 4.79 Å². The Morgan fingerprint density at radius 1 is 1.11 bits per heavy atom. The molecule has 0 bridgehead atoms. The largest absolute Gasteiger partial charge is 0.463 e. The first-order valence-corrected chi connectivity index (χ1v) is 6.73. The average Bonchev–Trinajstić information content (AvgIpc) is 2.36. The van der Waals surface area contributed by atoms with E-state index < -0.39 is 0 Å². The van der Waals surface area contributed by atoms with E-state index in [2.05, 4.69) is 45.0 Å². The molecular formula is C17H24O2. The van der Waals surface area contributed by atoms with E-state index in [1.54, 1.807) is 0 Å². The molecule has 1 rings (SSSR count). The highest BCUT2D eigenvalue weighted by atomic mass is 16.5. The second-order valence-electron chi connectivity index (χ2n) is 5.80. The second-order valence-corrected chi connectivity index (χ2v) is 5.80. The number of benzene rings is 1. The van der Waals surface area contributed by atoms with Crippen LogP contribution >= 0.6 is 0 Å². The quantitative estimate of drug-likeness (QED) is 0.597.